The van der Waals surface area contributed by atoms with Crippen LogP contribution in [0.2, 0.25) is 5.02 Å². The van der Waals surface area contributed by atoms with Gasteiger partial charge in [0, 0.05) is 28.7 Å². The van der Waals surface area contributed by atoms with Gasteiger partial charge in [-0.1, -0.05) is 17.7 Å². The summed E-state index contributed by atoms with van der Waals surface area (Å²) in [7, 11) is 1.59. The number of hydrogen-bond donors (Lipinski definition) is 3. The van der Waals surface area contributed by atoms with E-state index in [1.54, 1.807) is 7.11 Å². The molecule has 0 saturated carbocycles. The van der Waals surface area contributed by atoms with Gasteiger partial charge in [-0.05, 0) is 62.5 Å². The van der Waals surface area contributed by atoms with E-state index in [1.165, 1.54) is 6.33 Å². The van der Waals surface area contributed by atoms with Gasteiger partial charge in [-0.25, -0.2) is 9.97 Å². The SMILES string of the molecule is COc1cc2ncnc(Nc3cc(Cl)ccc3CN3CCC[C@H]3C(=O)O)c2cc1OCCCCN. The Morgan fingerprint density at radius 2 is 2.11 bits per heavy atom. The zero-order valence-corrected chi connectivity index (χ0v) is 20.4. The lowest BCUT2D eigenvalue weighted by molar-refractivity contribution is -0.142. The summed E-state index contributed by atoms with van der Waals surface area (Å²) in [5, 5.41) is 14.3. The normalized spacial score (nSPS) is 15.9. The molecule has 0 aliphatic carbocycles. The van der Waals surface area contributed by atoms with Gasteiger partial charge in [-0.15, -0.1) is 0 Å². The fourth-order valence-electron chi connectivity index (χ4n) is 4.31. The van der Waals surface area contributed by atoms with Crippen molar-refractivity contribution in [2.45, 2.75) is 38.3 Å². The summed E-state index contributed by atoms with van der Waals surface area (Å²) in [6.45, 7) is 2.37. The van der Waals surface area contributed by atoms with E-state index < -0.39 is 12.0 Å². The minimum Gasteiger partial charge on any atom is -0.493 e. The van der Waals surface area contributed by atoms with Gasteiger partial charge in [0.15, 0.2) is 11.5 Å². The highest BCUT2D eigenvalue weighted by Crippen LogP contribution is 2.36. The van der Waals surface area contributed by atoms with Crippen molar-refractivity contribution >= 4 is 40.0 Å². The van der Waals surface area contributed by atoms with Gasteiger partial charge in [-0.3, -0.25) is 9.69 Å². The van der Waals surface area contributed by atoms with Crippen LogP contribution in [0.4, 0.5) is 11.5 Å². The Labute approximate surface area is 209 Å². The van der Waals surface area contributed by atoms with Crippen LogP contribution < -0.4 is 20.5 Å². The molecule has 4 N–H and O–H groups in total. The third-order valence-electron chi connectivity index (χ3n) is 6.12. The van der Waals surface area contributed by atoms with Crippen LogP contribution in [0.1, 0.15) is 31.2 Å². The molecule has 1 aliphatic rings. The summed E-state index contributed by atoms with van der Waals surface area (Å²) in [5.41, 5.74) is 7.97. The number of aromatic nitrogens is 2. The number of benzene rings is 2. The minimum absolute atomic E-state index is 0.482. The summed E-state index contributed by atoms with van der Waals surface area (Å²) < 4.78 is 11.5. The molecule has 186 valence electrons. The standard InChI is InChI=1S/C25H30ClN5O4/c1-34-22-13-20-18(12-23(22)35-10-3-2-8-27)24(29-15-28-20)30-19-11-17(26)7-6-16(19)14-31-9-4-5-21(31)25(32)33/h6-7,11-13,15,21H,2-5,8-10,14,27H2,1H3,(H,32,33)(H,28,29,30)/t21-/m0/s1. The number of methoxy groups -OCH3 is 1. The summed E-state index contributed by atoms with van der Waals surface area (Å²) in [4.78, 5) is 22.5. The quantitative estimate of drug-likeness (QED) is 0.333. The van der Waals surface area contributed by atoms with Gasteiger partial charge in [0.1, 0.15) is 18.2 Å². The second-order valence-electron chi connectivity index (χ2n) is 8.48. The number of halogens is 1. The monoisotopic (exact) mass is 499 g/mol. The van der Waals surface area contributed by atoms with E-state index in [4.69, 9.17) is 26.8 Å². The number of unbranched alkanes of at least 4 members (excludes halogenated alkanes) is 1. The summed E-state index contributed by atoms with van der Waals surface area (Å²) >= 11 is 6.32. The van der Waals surface area contributed by atoms with Gasteiger partial charge >= 0.3 is 5.97 Å². The number of nitrogens with two attached hydrogens (primary N) is 1. The van der Waals surface area contributed by atoms with Crippen molar-refractivity contribution < 1.29 is 19.4 Å². The Morgan fingerprint density at radius 1 is 1.26 bits per heavy atom. The molecular weight excluding hydrogens is 470 g/mol. The number of likely N-dealkylation sites (tertiary alicyclic amines) is 1. The van der Waals surface area contributed by atoms with Gasteiger partial charge in [0.05, 0.1) is 19.2 Å². The largest absolute Gasteiger partial charge is 0.493 e. The van der Waals surface area contributed by atoms with Crippen molar-refractivity contribution in [3.63, 3.8) is 0 Å². The molecule has 1 aromatic heterocycles. The van der Waals surface area contributed by atoms with E-state index in [2.05, 4.69) is 15.3 Å². The van der Waals surface area contributed by atoms with E-state index in [0.717, 1.165) is 42.4 Å². The van der Waals surface area contributed by atoms with Gasteiger partial charge in [-0.2, -0.15) is 0 Å². The molecule has 0 bridgehead atoms. The smallest absolute Gasteiger partial charge is 0.320 e. The first-order valence-corrected chi connectivity index (χ1v) is 12.1. The fraction of sp³-hybridized carbons (Fsp3) is 0.400. The maximum Gasteiger partial charge on any atom is 0.320 e. The highest BCUT2D eigenvalue weighted by atomic mass is 35.5. The zero-order valence-electron chi connectivity index (χ0n) is 19.7. The van der Waals surface area contributed by atoms with Crippen LogP contribution in [-0.2, 0) is 11.3 Å². The molecule has 35 heavy (non-hydrogen) atoms. The van der Waals surface area contributed by atoms with E-state index >= 15 is 0 Å². The number of fused-ring (bicyclic) bond motifs is 1. The van der Waals surface area contributed by atoms with Gasteiger partial charge in [0.25, 0.3) is 0 Å². The minimum atomic E-state index is -0.791. The van der Waals surface area contributed by atoms with E-state index in [0.29, 0.717) is 54.0 Å². The Hall–Kier alpha value is -3.14. The predicted molar refractivity (Wildman–Crippen MR) is 136 cm³/mol. The number of anilines is 2. The summed E-state index contributed by atoms with van der Waals surface area (Å²) in [5.74, 6) is 0.986. The molecule has 0 unspecified atom stereocenters. The number of hydrogen-bond acceptors (Lipinski definition) is 8. The lowest BCUT2D eigenvalue weighted by atomic mass is 10.1. The Bertz CT molecular complexity index is 1190. The second-order valence-corrected chi connectivity index (χ2v) is 8.92. The third-order valence-corrected chi connectivity index (χ3v) is 6.36. The second kappa shape index (κ2) is 11.5. The number of ether oxygens (including phenoxy) is 2. The molecule has 0 spiro atoms. The van der Waals surface area contributed by atoms with Crippen molar-refractivity contribution in [2.75, 3.05) is 32.1 Å². The first kappa shape index (κ1) is 25.0. The van der Waals surface area contributed by atoms with Crippen LogP contribution in [0.3, 0.4) is 0 Å². The molecule has 9 nitrogen and oxygen atoms in total. The average Bonchev–Trinajstić information content (AvgIpc) is 3.32. The average molecular weight is 500 g/mol. The third kappa shape index (κ3) is 5.93. The zero-order chi connectivity index (χ0) is 24.8. The number of carbonyl (C=O) groups is 1. The Kier molecular flexibility index (Phi) is 8.22. The highest BCUT2D eigenvalue weighted by molar-refractivity contribution is 6.30. The highest BCUT2D eigenvalue weighted by Gasteiger charge is 2.30. The number of carboxylic acid groups (broad SMARTS) is 1. The van der Waals surface area contributed by atoms with Crippen molar-refractivity contribution in [1.29, 1.82) is 0 Å². The lowest BCUT2D eigenvalue weighted by Gasteiger charge is -2.23. The number of rotatable bonds is 11. The number of carboxylic acids is 1. The Balaban J connectivity index is 1.65. The maximum absolute atomic E-state index is 11.7. The van der Waals surface area contributed by atoms with E-state index in [9.17, 15) is 9.90 Å². The molecule has 3 aromatic rings. The maximum atomic E-state index is 11.7. The summed E-state index contributed by atoms with van der Waals surface area (Å²) in [6, 6.07) is 8.75. The first-order chi connectivity index (χ1) is 17.0. The molecule has 2 aromatic carbocycles. The molecule has 4 rings (SSSR count). The summed E-state index contributed by atoms with van der Waals surface area (Å²) in [6.07, 6.45) is 4.71. The predicted octanol–water partition coefficient (Wildman–Crippen LogP) is 4.20. The molecule has 10 heteroatoms. The van der Waals surface area contributed by atoms with E-state index in [-0.39, 0.29) is 0 Å². The number of nitrogens with zero attached hydrogens (tertiary/aromatic N) is 3. The first-order valence-electron chi connectivity index (χ1n) is 11.7. The topological polar surface area (TPSA) is 123 Å². The van der Waals surface area contributed by atoms with Crippen LogP contribution in [0.25, 0.3) is 10.9 Å². The molecule has 1 aliphatic heterocycles. The van der Waals surface area contributed by atoms with Crippen LogP contribution in [0.15, 0.2) is 36.7 Å². The molecule has 1 saturated heterocycles. The number of nitrogens with one attached hydrogen (secondary N) is 1. The van der Waals surface area contributed by atoms with Gasteiger partial charge < -0.3 is 25.6 Å². The van der Waals surface area contributed by atoms with Crippen LogP contribution in [0.5, 0.6) is 11.5 Å². The molecular formula is C25H30ClN5O4. The van der Waals surface area contributed by atoms with Crippen LogP contribution in [0, 0.1) is 0 Å². The van der Waals surface area contributed by atoms with Crippen LogP contribution >= 0.6 is 11.6 Å². The molecule has 2 heterocycles. The number of aliphatic carboxylic acids is 1. The molecule has 1 fully saturated rings. The van der Waals surface area contributed by atoms with Crippen molar-refractivity contribution in [3.05, 3.63) is 47.2 Å². The Morgan fingerprint density at radius 3 is 2.89 bits per heavy atom. The van der Waals surface area contributed by atoms with Gasteiger partial charge in [0.2, 0.25) is 0 Å². The molecule has 1 atom stereocenters. The van der Waals surface area contributed by atoms with Crippen molar-refractivity contribution in [3.8, 4) is 11.5 Å². The molecule has 0 radical (unpaired) electrons. The fourth-order valence-corrected chi connectivity index (χ4v) is 4.48. The lowest BCUT2D eigenvalue weighted by Crippen LogP contribution is -2.35. The van der Waals surface area contributed by atoms with Crippen molar-refractivity contribution in [2.24, 2.45) is 5.73 Å². The van der Waals surface area contributed by atoms with Crippen molar-refractivity contribution in [1.82, 2.24) is 14.9 Å². The van der Waals surface area contributed by atoms with Crippen LogP contribution in [-0.4, -0.2) is 58.8 Å². The molecule has 0 amide bonds. The van der Waals surface area contributed by atoms with E-state index in [1.807, 2.05) is 35.2 Å².